The summed E-state index contributed by atoms with van der Waals surface area (Å²) < 4.78 is 0. The van der Waals surface area contributed by atoms with Crippen molar-refractivity contribution in [3.63, 3.8) is 0 Å². The summed E-state index contributed by atoms with van der Waals surface area (Å²) in [6, 6.07) is 50.9. The van der Waals surface area contributed by atoms with Crippen LogP contribution in [0.15, 0.2) is 127 Å². The predicted molar refractivity (Wildman–Crippen MR) is 309 cm³/mol. The van der Waals surface area contributed by atoms with Gasteiger partial charge in [-0.15, -0.1) is 0 Å². The highest BCUT2D eigenvalue weighted by molar-refractivity contribution is 7.00. The van der Waals surface area contributed by atoms with Crippen molar-refractivity contribution < 1.29 is 0 Å². The van der Waals surface area contributed by atoms with Gasteiger partial charge in [0, 0.05) is 34.0 Å². The molecule has 0 bridgehead atoms. The van der Waals surface area contributed by atoms with E-state index in [1.165, 1.54) is 130 Å². The standard InChI is InChI=1S/C68H77BN2/c1-42-34-60-62-61(35-42)71(57-29-25-48(64(6,7)8)39-49(57)46-22-26-50-51(37-46)66(11,12)31-30-65(50,9)10)59-41-53-52(67(13,14)32-33-68(53,15)16)40-55(59)69(62)54-38-45(44-20-18-17-19-21-44)23-27-58(54)70(60)56-28-24-47(36-43(56)2)63(3,4)5/h17-29,34-41H,30-33H2,1-16H3. The van der Waals surface area contributed by atoms with E-state index in [0.29, 0.717) is 0 Å². The first-order valence-electron chi connectivity index (χ1n) is 26.8. The third-order valence-electron chi connectivity index (χ3n) is 17.9. The fourth-order valence-corrected chi connectivity index (χ4v) is 13.1. The second kappa shape index (κ2) is 15.9. The molecule has 11 rings (SSSR count). The third-order valence-corrected chi connectivity index (χ3v) is 17.9. The van der Waals surface area contributed by atoms with Gasteiger partial charge in [0.2, 0.25) is 0 Å². The largest absolute Gasteiger partial charge is 0.311 e. The molecule has 362 valence electrons. The first-order valence-corrected chi connectivity index (χ1v) is 26.8. The van der Waals surface area contributed by atoms with Crippen LogP contribution in [-0.2, 0) is 32.5 Å². The zero-order chi connectivity index (χ0) is 50.5. The minimum absolute atomic E-state index is 0.00567. The molecule has 2 aliphatic carbocycles. The summed E-state index contributed by atoms with van der Waals surface area (Å²) in [7, 11) is 0. The number of hydrogen-bond donors (Lipinski definition) is 0. The topological polar surface area (TPSA) is 6.48 Å². The molecular formula is C68H77BN2. The zero-order valence-electron chi connectivity index (χ0n) is 45.9. The Morgan fingerprint density at radius 1 is 0.394 bits per heavy atom. The summed E-state index contributed by atoms with van der Waals surface area (Å²) >= 11 is 0. The van der Waals surface area contributed by atoms with E-state index in [4.69, 9.17) is 0 Å². The highest BCUT2D eigenvalue weighted by Gasteiger charge is 2.47. The average molecular weight is 933 g/mol. The summed E-state index contributed by atoms with van der Waals surface area (Å²) in [4.78, 5) is 5.35. The maximum Gasteiger partial charge on any atom is 0.252 e. The van der Waals surface area contributed by atoms with E-state index >= 15 is 0 Å². The van der Waals surface area contributed by atoms with Crippen LogP contribution in [0.25, 0.3) is 22.3 Å². The Hall–Kier alpha value is -5.80. The molecule has 7 aromatic rings. The SMILES string of the molecule is Cc1cc2c3c(c1)N(c1ccc(C(C)(C)C)cc1-c1ccc4c(c1)C(C)(C)CCC4(C)C)c1cc4c(cc1B3c1cc(-c3ccccc3)ccc1N2c1ccc(C(C)(C)C)cc1C)C(C)(C)CCC4(C)C. The molecule has 0 amide bonds. The Labute approximate surface area is 428 Å². The number of benzene rings is 7. The minimum Gasteiger partial charge on any atom is -0.311 e. The first-order chi connectivity index (χ1) is 33.2. The molecule has 2 aliphatic heterocycles. The van der Waals surface area contributed by atoms with Crippen LogP contribution in [0.4, 0.5) is 34.1 Å². The van der Waals surface area contributed by atoms with Crippen LogP contribution in [0, 0.1) is 13.8 Å². The molecule has 0 unspecified atom stereocenters. The molecule has 0 atom stereocenters. The van der Waals surface area contributed by atoms with Crippen LogP contribution in [-0.4, -0.2) is 6.71 Å². The Morgan fingerprint density at radius 2 is 0.887 bits per heavy atom. The summed E-state index contributed by atoms with van der Waals surface area (Å²) in [6.07, 6.45) is 4.71. The van der Waals surface area contributed by atoms with Crippen molar-refractivity contribution in [3.8, 4) is 22.3 Å². The first kappa shape index (κ1) is 47.5. The van der Waals surface area contributed by atoms with Crippen LogP contribution >= 0.6 is 0 Å². The summed E-state index contributed by atoms with van der Waals surface area (Å²) in [5.74, 6) is 0. The van der Waals surface area contributed by atoms with E-state index < -0.39 is 0 Å². The number of rotatable bonds is 4. The van der Waals surface area contributed by atoms with Gasteiger partial charge < -0.3 is 9.80 Å². The zero-order valence-corrected chi connectivity index (χ0v) is 45.9. The molecule has 0 saturated heterocycles. The molecule has 0 N–H and O–H groups in total. The van der Waals surface area contributed by atoms with Gasteiger partial charge in [0.05, 0.1) is 5.69 Å². The van der Waals surface area contributed by atoms with Crippen molar-refractivity contribution in [1.82, 2.24) is 0 Å². The van der Waals surface area contributed by atoms with Crippen LogP contribution in [0.5, 0.6) is 0 Å². The molecule has 0 fully saturated rings. The van der Waals surface area contributed by atoms with E-state index in [9.17, 15) is 0 Å². The Kier molecular flexibility index (Phi) is 10.6. The lowest BCUT2D eigenvalue weighted by molar-refractivity contribution is 0.332. The summed E-state index contributed by atoms with van der Waals surface area (Å²) in [5, 5.41) is 0. The highest BCUT2D eigenvalue weighted by atomic mass is 15.2. The maximum absolute atomic E-state index is 2.73. The van der Waals surface area contributed by atoms with Crippen LogP contribution < -0.4 is 26.2 Å². The van der Waals surface area contributed by atoms with Gasteiger partial charge in [-0.05, 0) is 192 Å². The van der Waals surface area contributed by atoms with Gasteiger partial charge >= 0.3 is 0 Å². The van der Waals surface area contributed by atoms with Crippen molar-refractivity contribution in [2.75, 3.05) is 9.80 Å². The normalized spacial score (nSPS) is 18.0. The van der Waals surface area contributed by atoms with Crippen molar-refractivity contribution in [2.24, 2.45) is 0 Å². The Balaban J connectivity index is 1.26. The molecule has 0 radical (unpaired) electrons. The van der Waals surface area contributed by atoms with E-state index in [1.54, 1.807) is 0 Å². The number of anilines is 6. The van der Waals surface area contributed by atoms with Crippen LogP contribution in [0.1, 0.15) is 167 Å². The Morgan fingerprint density at radius 3 is 1.48 bits per heavy atom. The van der Waals surface area contributed by atoms with Crippen molar-refractivity contribution in [1.29, 1.82) is 0 Å². The van der Waals surface area contributed by atoms with E-state index in [0.717, 1.165) is 12.8 Å². The second-order valence-corrected chi connectivity index (χ2v) is 26.9. The molecule has 0 spiro atoms. The fraction of sp³-hybridized carbons (Fsp3) is 0.382. The van der Waals surface area contributed by atoms with Crippen molar-refractivity contribution >= 4 is 57.2 Å². The predicted octanol–water partition coefficient (Wildman–Crippen LogP) is 17.0. The van der Waals surface area contributed by atoms with E-state index in [2.05, 4.69) is 248 Å². The smallest absolute Gasteiger partial charge is 0.252 e. The lowest BCUT2D eigenvalue weighted by Gasteiger charge is -2.48. The number of nitrogens with zero attached hydrogens (tertiary/aromatic N) is 2. The van der Waals surface area contributed by atoms with Gasteiger partial charge in [0.25, 0.3) is 6.71 Å². The Bertz CT molecular complexity index is 3310. The quantitative estimate of drug-likeness (QED) is 0.162. The molecule has 0 aromatic heterocycles. The molecule has 2 heterocycles. The van der Waals surface area contributed by atoms with E-state index in [1.807, 2.05) is 0 Å². The molecule has 7 aromatic carbocycles. The molecule has 4 aliphatic rings. The van der Waals surface area contributed by atoms with Crippen LogP contribution in [0.2, 0.25) is 0 Å². The highest BCUT2D eigenvalue weighted by Crippen LogP contribution is 2.54. The van der Waals surface area contributed by atoms with Gasteiger partial charge in [0.1, 0.15) is 0 Å². The van der Waals surface area contributed by atoms with Gasteiger partial charge in [-0.25, -0.2) is 0 Å². The lowest BCUT2D eigenvalue weighted by Crippen LogP contribution is -2.62. The molecule has 2 nitrogen and oxygen atoms in total. The second-order valence-electron chi connectivity index (χ2n) is 26.9. The minimum atomic E-state index is -0.0358. The van der Waals surface area contributed by atoms with E-state index in [-0.39, 0.29) is 39.2 Å². The summed E-state index contributed by atoms with van der Waals surface area (Å²) in [6.45, 7) is 38.5. The summed E-state index contributed by atoms with van der Waals surface area (Å²) in [5.41, 5.74) is 28.4. The van der Waals surface area contributed by atoms with Gasteiger partial charge in [-0.1, -0.05) is 182 Å². The van der Waals surface area contributed by atoms with Crippen molar-refractivity contribution in [3.05, 3.63) is 172 Å². The lowest BCUT2D eigenvalue weighted by atomic mass is 9.33. The van der Waals surface area contributed by atoms with Gasteiger partial charge in [0.15, 0.2) is 0 Å². The fourth-order valence-electron chi connectivity index (χ4n) is 13.1. The van der Waals surface area contributed by atoms with Gasteiger partial charge in [-0.2, -0.15) is 0 Å². The van der Waals surface area contributed by atoms with Gasteiger partial charge in [-0.3, -0.25) is 0 Å². The molecule has 0 saturated carbocycles. The molecule has 71 heavy (non-hydrogen) atoms. The molecule has 3 heteroatoms. The van der Waals surface area contributed by atoms with Crippen molar-refractivity contribution in [2.45, 2.75) is 169 Å². The van der Waals surface area contributed by atoms with Crippen LogP contribution in [0.3, 0.4) is 0 Å². The third kappa shape index (κ3) is 7.65. The average Bonchev–Trinajstić information content (AvgIpc) is 3.31. The number of fused-ring (bicyclic) bond motifs is 6. The molecular weight excluding hydrogens is 856 g/mol. The maximum atomic E-state index is 2.73. The number of aryl methyl sites for hydroxylation is 2. The number of hydrogen-bond acceptors (Lipinski definition) is 2. The monoisotopic (exact) mass is 933 g/mol.